The van der Waals surface area contributed by atoms with Crippen molar-refractivity contribution in [1.82, 2.24) is 5.32 Å². The molecule has 0 heterocycles. The maximum absolute atomic E-state index is 8.70. The first-order chi connectivity index (χ1) is 5.70. The van der Waals surface area contributed by atoms with Gasteiger partial charge in [0.1, 0.15) is 0 Å². The molecule has 0 saturated heterocycles. The second-order valence-corrected chi connectivity index (χ2v) is 4.63. The topological polar surface area (TPSA) is 35.8 Å². The van der Waals surface area contributed by atoms with E-state index in [9.17, 15) is 0 Å². The van der Waals surface area contributed by atoms with Crippen molar-refractivity contribution in [3.63, 3.8) is 0 Å². The van der Waals surface area contributed by atoms with Gasteiger partial charge in [-0.3, -0.25) is 0 Å². The molecular weight excluding hydrogens is 168 g/mol. The van der Waals surface area contributed by atoms with Crippen molar-refractivity contribution in [1.29, 1.82) is 5.26 Å². The van der Waals surface area contributed by atoms with Gasteiger partial charge in [0.25, 0.3) is 0 Å². The van der Waals surface area contributed by atoms with Crippen LogP contribution in [0.2, 0.25) is 0 Å². The molecule has 0 rings (SSSR count). The molecule has 1 atom stereocenters. The summed E-state index contributed by atoms with van der Waals surface area (Å²) in [6, 6.07) is 2.30. The normalized spacial score (nSPS) is 12.9. The summed E-state index contributed by atoms with van der Waals surface area (Å²) in [6.45, 7) is 7.27. The lowest BCUT2D eigenvalue weighted by atomic mass is 10.2. The lowest BCUT2D eigenvalue weighted by Gasteiger charge is -2.09. The zero-order valence-electron chi connectivity index (χ0n) is 8.13. The molecule has 0 spiro atoms. The van der Waals surface area contributed by atoms with E-state index in [4.69, 9.17) is 5.26 Å². The highest BCUT2D eigenvalue weighted by Crippen LogP contribution is 2.11. The third-order valence-electron chi connectivity index (χ3n) is 1.46. The standard InChI is InChI=1S/C9H18N2S/c1-4-11-9(7-10)5-6-12-8(2)3/h8-9,11H,4-6H2,1-3H3. The summed E-state index contributed by atoms with van der Waals surface area (Å²) in [6.07, 6.45) is 0.952. The number of nitrogens with one attached hydrogen (secondary N) is 1. The lowest BCUT2D eigenvalue weighted by molar-refractivity contribution is 0.612. The van der Waals surface area contributed by atoms with Crippen molar-refractivity contribution < 1.29 is 0 Å². The summed E-state index contributed by atoms with van der Waals surface area (Å²) in [5.74, 6) is 1.07. The Hall–Kier alpha value is -0.200. The molecule has 0 aliphatic heterocycles. The van der Waals surface area contributed by atoms with Gasteiger partial charge in [-0.05, 0) is 24.0 Å². The van der Waals surface area contributed by atoms with Gasteiger partial charge in [0.2, 0.25) is 0 Å². The van der Waals surface area contributed by atoms with Crippen LogP contribution in [-0.4, -0.2) is 23.6 Å². The summed E-state index contributed by atoms with van der Waals surface area (Å²) in [4.78, 5) is 0. The Morgan fingerprint density at radius 1 is 1.50 bits per heavy atom. The van der Waals surface area contributed by atoms with Gasteiger partial charge in [-0.25, -0.2) is 0 Å². The van der Waals surface area contributed by atoms with Crippen molar-refractivity contribution in [2.24, 2.45) is 0 Å². The van der Waals surface area contributed by atoms with Crippen LogP contribution in [0.1, 0.15) is 27.2 Å². The number of rotatable bonds is 6. The van der Waals surface area contributed by atoms with E-state index in [0.717, 1.165) is 18.7 Å². The molecule has 2 nitrogen and oxygen atoms in total. The van der Waals surface area contributed by atoms with E-state index in [0.29, 0.717) is 5.25 Å². The molecule has 0 amide bonds. The zero-order chi connectivity index (χ0) is 9.40. The van der Waals surface area contributed by atoms with Crippen LogP contribution in [0.25, 0.3) is 0 Å². The fraction of sp³-hybridized carbons (Fsp3) is 0.889. The summed E-state index contributed by atoms with van der Waals surface area (Å²) < 4.78 is 0. The molecule has 0 aliphatic rings. The molecule has 0 aromatic carbocycles. The van der Waals surface area contributed by atoms with Crippen LogP contribution in [0.15, 0.2) is 0 Å². The first-order valence-corrected chi connectivity index (χ1v) is 5.50. The highest BCUT2D eigenvalue weighted by atomic mass is 32.2. The fourth-order valence-corrected chi connectivity index (χ4v) is 1.72. The molecule has 0 aliphatic carbocycles. The second kappa shape index (κ2) is 7.45. The first-order valence-electron chi connectivity index (χ1n) is 4.45. The van der Waals surface area contributed by atoms with Crippen molar-refractivity contribution in [2.75, 3.05) is 12.3 Å². The molecule has 0 aromatic heterocycles. The minimum atomic E-state index is 0.0428. The van der Waals surface area contributed by atoms with Crippen molar-refractivity contribution in [3.8, 4) is 6.07 Å². The first kappa shape index (κ1) is 11.8. The van der Waals surface area contributed by atoms with Crippen LogP contribution in [-0.2, 0) is 0 Å². The Morgan fingerprint density at radius 3 is 2.58 bits per heavy atom. The Labute approximate surface area is 79.7 Å². The zero-order valence-corrected chi connectivity index (χ0v) is 8.95. The van der Waals surface area contributed by atoms with E-state index in [1.54, 1.807) is 0 Å². The number of nitrogens with zero attached hydrogens (tertiary/aromatic N) is 1. The Bertz CT molecular complexity index is 140. The van der Waals surface area contributed by atoms with Crippen LogP contribution < -0.4 is 5.32 Å². The summed E-state index contributed by atoms with van der Waals surface area (Å²) in [7, 11) is 0. The van der Waals surface area contributed by atoms with E-state index >= 15 is 0 Å². The van der Waals surface area contributed by atoms with Gasteiger partial charge in [0.05, 0.1) is 12.1 Å². The van der Waals surface area contributed by atoms with Crippen LogP contribution >= 0.6 is 11.8 Å². The Morgan fingerprint density at radius 2 is 2.17 bits per heavy atom. The van der Waals surface area contributed by atoms with Crippen LogP contribution in [0.5, 0.6) is 0 Å². The highest BCUT2D eigenvalue weighted by Gasteiger charge is 2.04. The van der Waals surface area contributed by atoms with Crippen LogP contribution in [0, 0.1) is 11.3 Å². The SMILES string of the molecule is CCNC(C#N)CCSC(C)C. The average molecular weight is 186 g/mol. The molecule has 1 N–H and O–H groups in total. The number of nitriles is 1. The molecule has 70 valence electrons. The summed E-state index contributed by atoms with van der Waals surface area (Å²) in [5.41, 5.74) is 0. The largest absolute Gasteiger partial charge is 0.302 e. The highest BCUT2D eigenvalue weighted by molar-refractivity contribution is 7.99. The quantitative estimate of drug-likeness (QED) is 0.689. The third-order valence-corrected chi connectivity index (χ3v) is 2.60. The second-order valence-electron chi connectivity index (χ2n) is 2.95. The third kappa shape index (κ3) is 6.51. The van der Waals surface area contributed by atoms with E-state index in [1.165, 1.54) is 0 Å². The molecule has 0 bridgehead atoms. The van der Waals surface area contributed by atoms with E-state index < -0.39 is 0 Å². The molecule has 0 radical (unpaired) electrons. The fourth-order valence-electron chi connectivity index (χ4n) is 0.880. The Balaban J connectivity index is 3.40. The summed E-state index contributed by atoms with van der Waals surface area (Å²) >= 11 is 1.91. The predicted octanol–water partition coefficient (Wildman–Crippen LogP) is 2.02. The number of thioether (sulfide) groups is 1. The minimum Gasteiger partial charge on any atom is -0.302 e. The maximum atomic E-state index is 8.70. The molecule has 0 aromatic rings. The molecule has 0 saturated carbocycles. The van der Waals surface area contributed by atoms with Gasteiger partial charge in [0, 0.05) is 0 Å². The molecule has 0 fully saturated rings. The molecule has 1 unspecified atom stereocenters. The molecule has 3 heteroatoms. The van der Waals surface area contributed by atoms with Crippen LogP contribution in [0.3, 0.4) is 0 Å². The lowest BCUT2D eigenvalue weighted by Crippen LogP contribution is -2.27. The van der Waals surface area contributed by atoms with Gasteiger partial charge in [0.15, 0.2) is 0 Å². The van der Waals surface area contributed by atoms with Crippen LogP contribution in [0.4, 0.5) is 0 Å². The van der Waals surface area contributed by atoms with Gasteiger partial charge in [-0.15, -0.1) is 0 Å². The van der Waals surface area contributed by atoms with Gasteiger partial charge < -0.3 is 5.32 Å². The predicted molar refractivity (Wildman–Crippen MR) is 55.3 cm³/mol. The van der Waals surface area contributed by atoms with E-state index in [2.05, 4.69) is 25.2 Å². The van der Waals surface area contributed by atoms with Gasteiger partial charge >= 0.3 is 0 Å². The van der Waals surface area contributed by atoms with Gasteiger partial charge in [-0.1, -0.05) is 20.8 Å². The smallest absolute Gasteiger partial charge is 0.0960 e. The molecule has 12 heavy (non-hydrogen) atoms. The van der Waals surface area contributed by atoms with Gasteiger partial charge in [-0.2, -0.15) is 17.0 Å². The van der Waals surface area contributed by atoms with Crippen molar-refractivity contribution in [2.45, 2.75) is 38.5 Å². The summed E-state index contributed by atoms with van der Waals surface area (Å²) in [5, 5.41) is 12.5. The minimum absolute atomic E-state index is 0.0428. The van der Waals surface area contributed by atoms with Crippen molar-refractivity contribution in [3.05, 3.63) is 0 Å². The van der Waals surface area contributed by atoms with Crippen molar-refractivity contribution >= 4 is 11.8 Å². The van der Waals surface area contributed by atoms with E-state index in [1.807, 2.05) is 18.7 Å². The maximum Gasteiger partial charge on any atom is 0.0960 e. The number of hydrogen-bond donors (Lipinski definition) is 1. The van der Waals surface area contributed by atoms with E-state index in [-0.39, 0.29) is 6.04 Å². The monoisotopic (exact) mass is 186 g/mol. The Kier molecular flexibility index (Phi) is 7.33. The number of hydrogen-bond acceptors (Lipinski definition) is 3. The molecular formula is C9H18N2S. The average Bonchev–Trinajstić information content (AvgIpc) is 2.02.